The second kappa shape index (κ2) is 5.62. The fourth-order valence-electron chi connectivity index (χ4n) is 3.91. The minimum absolute atomic E-state index is 0.0659. The number of carbonyl (C=O) groups is 1. The largest absolute Gasteiger partial charge is 0.409 e. The molecular weight excluding hydrogens is 254 g/mol. The summed E-state index contributed by atoms with van der Waals surface area (Å²) in [4.78, 5) is 15.1. The molecule has 0 bridgehead atoms. The molecule has 20 heavy (non-hydrogen) atoms. The van der Waals surface area contributed by atoms with Gasteiger partial charge in [-0.3, -0.25) is 4.79 Å². The maximum absolute atomic E-state index is 13.1. The summed E-state index contributed by atoms with van der Waals surface area (Å²) in [5.41, 5.74) is 5.12. The van der Waals surface area contributed by atoms with Gasteiger partial charge in [0.05, 0.1) is 0 Å². The summed E-state index contributed by atoms with van der Waals surface area (Å²) < 4.78 is 0. The number of nitrogens with zero attached hydrogens (tertiary/aromatic N) is 2. The molecule has 3 N–H and O–H groups in total. The molecule has 1 saturated heterocycles. The SMILES string of the molecule is CC1CC(C)C(C)N(C(=O)C2(C(N)=NO)CCCC2)C1. The van der Waals surface area contributed by atoms with Crippen molar-refractivity contribution in [1.29, 1.82) is 0 Å². The quantitative estimate of drug-likeness (QED) is 0.352. The summed E-state index contributed by atoms with van der Waals surface area (Å²) in [5.74, 6) is 1.17. The number of oxime groups is 1. The van der Waals surface area contributed by atoms with Crippen LogP contribution in [0.15, 0.2) is 5.16 Å². The number of hydrogen-bond donors (Lipinski definition) is 2. The van der Waals surface area contributed by atoms with Crippen LogP contribution in [0.1, 0.15) is 52.9 Å². The molecule has 1 amide bonds. The second-order valence-electron chi connectivity index (χ2n) is 6.79. The van der Waals surface area contributed by atoms with Crippen LogP contribution in [0.4, 0.5) is 0 Å². The molecule has 1 aliphatic carbocycles. The normalized spacial score (nSPS) is 34.2. The summed E-state index contributed by atoms with van der Waals surface area (Å²) in [6.07, 6.45) is 4.49. The molecule has 3 unspecified atom stereocenters. The van der Waals surface area contributed by atoms with Crippen LogP contribution in [-0.4, -0.2) is 34.4 Å². The number of carbonyl (C=O) groups excluding carboxylic acids is 1. The maximum Gasteiger partial charge on any atom is 0.236 e. The summed E-state index contributed by atoms with van der Waals surface area (Å²) >= 11 is 0. The van der Waals surface area contributed by atoms with Gasteiger partial charge < -0.3 is 15.8 Å². The summed E-state index contributed by atoms with van der Waals surface area (Å²) in [7, 11) is 0. The van der Waals surface area contributed by atoms with Crippen molar-refractivity contribution in [2.24, 2.45) is 28.1 Å². The first-order chi connectivity index (χ1) is 9.42. The van der Waals surface area contributed by atoms with E-state index in [0.717, 1.165) is 25.8 Å². The number of amidine groups is 1. The molecule has 2 aliphatic rings. The Morgan fingerprint density at radius 3 is 2.45 bits per heavy atom. The smallest absolute Gasteiger partial charge is 0.236 e. The van der Waals surface area contributed by atoms with Gasteiger partial charge in [0, 0.05) is 12.6 Å². The summed E-state index contributed by atoms with van der Waals surface area (Å²) in [6, 6.07) is 0.225. The predicted molar refractivity (Wildman–Crippen MR) is 78.4 cm³/mol. The van der Waals surface area contributed by atoms with Crippen molar-refractivity contribution in [1.82, 2.24) is 4.90 Å². The highest BCUT2D eigenvalue weighted by Gasteiger charge is 2.49. The zero-order valence-electron chi connectivity index (χ0n) is 12.8. The zero-order valence-corrected chi connectivity index (χ0v) is 12.8. The van der Waals surface area contributed by atoms with Gasteiger partial charge >= 0.3 is 0 Å². The summed E-state index contributed by atoms with van der Waals surface area (Å²) in [6.45, 7) is 7.28. The Morgan fingerprint density at radius 2 is 1.90 bits per heavy atom. The Balaban J connectivity index is 2.28. The highest BCUT2D eigenvalue weighted by molar-refractivity contribution is 6.07. The molecule has 2 fully saturated rings. The van der Waals surface area contributed by atoms with Gasteiger partial charge in [0.1, 0.15) is 5.41 Å². The molecule has 1 saturated carbocycles. The van der Waals surface area contributed by atoms with E-state index in [2.05, 4.69) is 25.9 Å². The van der Waals surface area contributed by atoms with E-state index in [0.29, 0.717) is 24.7 Å². The minimum atomic E-state index is -0.764. The van der Waals surface area contributed by atoms with Crippen molar-refractivity contribution in [3.8, 4) is 0 Å². The molecule has 0 radical (unpaired) electrons. The Kier molecular flexibility index (Phi) is 4.25. The number of amides is 1. The fourth-order valence-corrected chi connectivity index (χ4v) is 3.91. The number of likely N-dealkylation sites (tertiary alicyclic amines) is 1. The molecule has 5 heteroatoms. The van der Waals surface area contributed by atoms with Crippen molar-refractivity contribution in [2.45, 2.75) is 58.9 Å². The van der Waals surface area contributed by atoms with Gasteiger partial charge in [-0.25, -0.2) is 0 Å². The van der Waals surface area contributed by atoms with Crippen LogP contribution in [0.5, 0.6) is 0 Å². The Morgan fingerprint density at radius 1 is 1.30 bits per heavy atom. The molecule has 3 atom stereocenters. The lowest BCUT2D eigenvalue weighted by atomic mass is 9.79. The topological polar surface area (TPSA) is 78.9 Å². The van der Waals surface area contributed by atoms with E-state index in [-0.39, 0.29) is 17.8 Å². The number of nitrogens with two attached hydrogens (primary N) is 1. The Hall–Kier alpha value is -1.26. The molecule has 0 spiro atoms. The van der Waals surface area contributed by atoms with Crippen molar-refractivity contribution >= 4 is 11.7 Å². The van der Waals surface area contributed by atoms with Crippen molar-refractivity contribution in [3.63, 3.8) is 0 Å². The third-order valence-corrected chi connectivity index (χ3v) is 5.32. The summed E-state index contributed by atoms with van der Waals surface area (Å²) in [5, 5.41) is 12.2. The monoisotopic (exact) mass is 281 g/mol. The van der Waals surface area contributed by atoms with Crippen LogP contribution in [0.3, 0.4) is 0 Å². The van der Waals surface area contributed by atoms with Crippen LogP contribution < -0.4 is 5.73 Å². The highest BCUT2D eigenvalue weighted by Crippen LogP contribution is 2.42. The van der Waals surface area contributed by atoms with Crippen LogP contribution in [0.25, 0.3) is 0 Å². The first kappa shape index (κ1) is 15.1. The molecule has 114 valence electrons. The number of hydrogen-bond acceptors (Lipinski definition) is 3. The first-order valence-electron chi connectivity index (χ1n) is 7.71. The molecule has 0 aromatic rings. The van der Waals surface area contributed by atoms with Gasteiger partial charge in [-0.1, -0.05) is 31.8 Å². The van der Waals surface area contributed by atoms with E-state index in [1.165, 1.54) is 0 Å². The first-order valence-corrected chi connectivity index (χ1v) is 7.71. The predicted octanol–water partition coefficient (Wildman–Crippen LogP) is 2.19. The van der Waals surface area contributed by atoms with Crippen LogP contribution in [0, 0.1) is 17.3 Å². The van der Waals surface area contributed by atoms with Crippen molar-refractivity contribution in [2.75, 3.05) is 6.54 Å². The molecule has 0 aromatic heterocycles. The lowest BCUT2D eigenvalue weighted by molar-refractivity contribution is -0.144. The molecule has 2 rings (SSSR count). The van der Waals surface area contributed by atoms with Crippen LogP contribution >= 0.6 is 0 Å². The van der Waals surface area contributed by atoms with Crippen molar-refractivity contribution < 1.29 is 10.0 Å². The number of piperidine rings is 1. The lowest BCUT2D eigenvalue weighted by Crippen LogP contribution is -2.56. The number of rotatable bonds is 2. The van der Waals surface area contributed by atoms with Crippen LogP contribution in [0.2, 0.25) is 0 Å². The van der Waals surface area contributed by atoms with Crippen LogP contribution in [-0.2, 0) is 4.79 Å². The molecule has 1 aliphatic heterocycles. The lowest BCUT2D eigenvalue weighted by Gasteiger charge is -2.44. The van der Waals surface area contributed by atoms with Gasteiger partial charge in [0.2, 0.25) is 5.91 Å². The molecule has 0 aromatic carbocycles. The highest BCUT2D eigenvalue weighted by atomic mass is 16.4. The van der Waals surface area contributed by atoms with E-state index in [4.69, 9.17) is 10.9 Å². The van der Waals surface area contributed by atoms with Gasteiger partial charge in [-0.15, -0.1) is 0 Å². The van der Waals surface area contributed by atoms with E-state index in [9.17, 15) is 4.79 Å². The fraction of sp³-hybridized carbons (Fsp3) is 0.867. The van der Waals surface area contributed by atoms with Gasteiger partial charge in [-0.05, 0) is 38.0 Å². The molecule has 1 heterocycles. The average Bonchev–Trinajstić information content (AvgIpc) is 2.91. The molecule has 5 nitrogen and oxygen atoms in total. The van der Waals surface area contributed by atoms with E-state index >= 15 is 0 Å². The van der Waals surface area contributed by atoms with E-state index in [1.807, 2.05) is 4.90 Å². The average molecular weight is 281 g/mol. The zero-order chi connectivity index (χ0) is 14.9. The van der Waals surface area contributed by atoms with E-state index in [1.54, 1.807) is 0 Å². The minimum Gasteiger partial charge on any atom is -0.409 e. The maximum atomic E-state index is 13.1. The standard InChI is InChI=1S/C15H27N3O2/c1-10-8-11(2)12(3)18(9-10)14(19)15(13(16)17-20)6-4-5-7-15/h10-12,20H,4-9H2,1-3H3,(H2,16,17). The van der Waals surface area contributed by atoms with Gasteiger partial charge in [0.25, 0.3) is 0 Å². The van der Waals surface area contributed by atoms with Crippen molar-refractivity contribution in [3.05, 3.63) is 0 Å². The Bertz CT molecular complexity index is 402. The third kappa shape index (κ3) is 2.38. The van der Waals surface area contributed by atoms with Gasteiger partial charge in [0.15, 0.2) is 5.84 Å². The molecular formula is C15H27N3O2. The van der Waals surface area contributed by atoms with E-state index < -0.39 is 5.41 Å². The Labute approximate surface area is 121 Å². The van der Waals surface area contributed by atoms with Gasteiger partial charge in [-0.2, -0.15) is 0 Å². The third-order valence-electron chi connectivity index (χ3n) is 5.32. The second-order valence-corrected chi connectivity index (χ2v) is 6.79.